The van der Waals surface area contributed by atoms with Gasteiger partial charge in [0.15, 0.2) is 0 Å². The van der Waals surface area contributed by atoms with Gasteiger partial charge in [-0.05, 0) is 54.1 Å². The van der Waals surface area contributed by atoms with E-state index in [1.807, 2.05) is 49.4 Å². The van der Waals surface area contributed by atoms with E-state index in [2.05, 4.69) is 10.5 Å². The third-order valence-electron chi connectivity index (χ3n) is 4.96. The number of nitrogens with zero attached hydrogens (tertiary/aromatic N) is 1. The molecule has 33 heavy (non-hydrogen) atoms. The number of carbonyl (C=O) groups excluding carboxylic acids is 2. The van der Waals surface area contributed by atoms with Gasteiger partial charge >= 0.3 is 5.97 Å². The van der Waals surface area contributed by atoms with E-state index < -0.39 is 5.97 Å². The van der Waals surface area contributed by atoms with E-state index in [0.29, 0.717) is 16.1 Å². The lowest BCUT2D eigenvalue weighted by Crippen LogP contribution is -2.17. The summed E-state index contributed by atoms with van der Waals surface area (Å²) in [5.74, 6) is -0.707. The first-order valence-electron chi connectivity index (χ1n) is 10.0. The van der Waals surface area contributed by atoms with Crippen LogP contribution in [0.1, 0.15) is 31.8 Å². The standard InChI is InChI=1S/C26H18Cl2N2O3/c1-16-6-8-18(9-7-16)25(31)30-29-15-22-20-5-3-2-4-17(20)10-13-24(22)33-26(32)21-12-11-19(27)14-23(21)28/h2-15H,1H3,(H,30,31). The summed E-state index contributed by atoms with van der Waals surface area (Å²) in [7, 11) is 0. The van der Waals surface area contributed by atoms with Crippen LogP contribution in [0.2, 0.25) is 10.0 Å². The summed E-state index contributed by atoms with van der Waals surface area (Å²) in [6.07, 6.45) is 1.46. The van der Waals surface area contributed by atoms with Crippen LogP contribution in [0.25, 0.3) is 10.8 Å². The van der Waals surface area contributed by atoms with Gasteiger partial charge in [-0.2, -0.15) is 5.10 Å². The largest absolute Gasteiger partial charge is 0.422 e. The number of ether oxygens (including phenoxy) is 1. The van der Waals surface area contributed by atoms with Gasteiger partial charge in [-0.25, -0.2) is 10.2 Å². The predicted octanol–water partition coefficient (Wildman–Crippen LogP) is 6.44. The van der Waals surface area contributed by atoms with E-state index >= 15 is 0 Å². The van der Waals surface area contributed by atoms with E-state index in [4.69, 9.17) is 27.9 Å². The lowest BCUT2D eigenvalue weighted by Gasteiger charge is -2.11. The number of carbonyl (C=O) groups is 2. The van der Waals surface area contributed by atoms with Gasteiger partial charge in [-0.3, -0.25) is 4.79 Å². The summed E-state index contributed by atoms with van der Waals surface area (Å²) in [5, 5.41) is 6.43. The molecule has 0 aromatic heterocycles. The van der Waals surface area contributed by atoms with Crippen molar-refractivity contribution in [1.82, 2.24) is 5.43 Å². The van der Waals surface area contributed by atoms with Gasteiger partial charge in [-0.1, -0.05) is 71.2 Å². The fraction of sp³-hybridized carbons (Fsp3) is 0.0385. The zero-order valence-electron chi connectivity index (χ0n) is 17.5. The zero-order chi connectivity index (χ0) is 23.4. The average molecular weight is 477 g/mol. The molecule has 7 heteroatoms. The molecule has 164 valence electrons. The molecule has 0 aliphatic heterocycles. The molecule has 1 N–H and O–H groups in total. The van der Waals surface area contributed by atoms with Crippen LogP contribution < -0.4 is 10.2 Å². The predicted molar refractivity (Wildman–Crippen MR) is 132 cm³/mol. The van der Waals surface area contributed by atoms with Crippen LogP contribution in [0.15, 0.2) is 84.0 Å². The highest BCUT2D eigenvalue weighted by molar-refractivity contribution is 6.36. The number of hydrazone groups is 1. The van der Waals surface area contributed by atoms with Crippen molar-refractivity contribution in [2.24, 2.45) is 5.10 Å². The van der Waals surface area contributed by atoms with Gasteiger partial charge in [0.05, 0.1) is 16.8 Å². The molecule has 0 atom stereocenters. The average Bonchev–Trinajstić information content (AvgIpc) is 2.80. The Morgan fingerprint density at radius 3 is 2.45 bits per heavy atom. The first kappa shape index (κ1) is 22.5. The van der Waals surface area contributed by atoms with Crippen molar-refractivity contribution in [2.45, 2.75) is 6.92 Å². The molecule has 0 saturated heterocycles. The van der Waals surface area contributed by atoms with Crippen LogP contribution in [0.3, 0.4) is 0 Å². The number of hydrogen-bond acceptors (Lipinski definition) is 4. The molecule has 0 heterocycles. The SMILES string of the molecule is Cc1ccc(C(=O)NN=Cc2c(OC(=O)c3ccc(Cl)cc3Cl)ccc3ccccc23)cc1. The van der Waals surface area contributed by atoms with Gasteiger partial charge in [0.25, 0.3) is 5.91 Å². The lowest BCUT2D eigenvalue weighted by atomic mass is 10.0. The smallest absolute Gasteiger partial charge is 0.345 e. The minimum Gasteiger partial charge on any atom is -0.422 e. The number of rotatable bonds is 5. The maximum Gasteiger partial charge on any atom is 0.345 e. The minimum atomic E-state index is -0.634. The third-order valence-corrected chi connectivity index (χ3v) is 5.51. The normalized spacial score (nSPS) is 11.0. The summed E-state index contributed by atoms with van der Waals surface area (Å²) < 4.78 is 5.65. The summed E-state index contributed by atoms with van der Waals surface area (Å²) in [6.45, 7) is 1.94. The first-order chi connectivity index (χ1) is 15.9. The van der Waals surface area contributed by atoms with Crippen molar-refractivity contribution in [3.8, 4) is 5.75 Å². The van der Waals surface area contributed by atoms with Crippen molar-refractivity contribution in [2.75, 3.05) is 0 Å². The molecular formula is C26H18Cl2N2O3. The molecule has 0 unspecified atom stereocenters. The minimum absolute atomic E-state index is 0.185. The second kappa shape index (κ2) is 9.86. The van der Waals surface area contributed by atoms with E-state index in [-0.39, 0.29) is 22.2 Å². The Bertz CT molecular complexity index is 1380. The second-order valence-electron chi connectivity index (χ2n) is 7.28. The maximum absolute atomic E-state index is 12.8. The summed E-state index contributed by atoms with van der Waals surface area (Å²) in [5.41, 5.74) is 4.78. The summed E-state index contributed by atoms with van der Waals surface area (Å²) >= 11 is 12.1. The number of aryl methyl sites for hydroxylation is 1. The van der Waals surface area contributed by atoms with Crippen LogP contribution in [0.4, 0.5) is 0 Å². The Kier molecular flexibility index (Phi) is 6.73. The molecule has 0 fully saturated rings. The van der Waals surface area contributed by atoms with Gasteiger partial charge in [0.1, 0.15) is 5.75 Å². The van der Waals surface area contributed by atoms with Crippen molar-refractivity contribution in [3.05, 3.63) is 111 Å². The van der Waals surface area contributed by atoms with Crippen LogP contribution in [0, 0.1) is 6.92 Å². The fourth-order valence-corrected chi connectivity index (χ4v) is 3.72. The molecule has 0 aliphatic rings. The van der Waals surface area contributed by atoms with Gasteiger partial charge in [0.2, 0.25) is 0 Å². The molecule has 0 radical (unpaired) electrons. The Morgan fingerprint density at radius 2 is 1.70 bits per heavy atom. The van der Waals surface area contributed by atoms with Crippen molar-refractivity contribution >= 4 is 52.1 Å². The number of benzene rings is 4. The van der Waals surface area contributed by atoms with E-state index in [9.17, 15) is 9.59 Å². The van der Waals surface area contributed by atoms with Crippen molar-refractivity contribution in [1.29, 1.82) is 0 Å². The Hall–Kier alpha value is -3.67. The molecule has 4 aromatic carbocycles. The van der Waals surface area contributed by atoms with Gasteiger partial charge < -0.3 is 4.74 Å². The molecule has 0 saturated carbocycles. The topological polar surface area (TPSA) is 67.8 Å². The number of nitrogens with one attached hydrogen (secondary N) is 1. The van der Waals surface area contributed by atoms with Gasteiger partial charge in [-0.15, -0.1) is 0 Å². The highest BCUT2D eigenvalue weighted by Gasteiger charge is 2.16. The van der Waals surface area contributed by atoms with Crippen LogP contribution in [-0.4, -0.2) is 18.1 Å². The van der Waals surface area contributed by atoms with Crippen LogP contribution in [0.5, 0.6) is 5.75 Å². The molecule has 0 spiro atoms. The molecular weight excluding hydrogens is 459 g/mol. The molecule has 5 nitrogen and oxygen atoms in total. The zero-order valence-corrected chi connectivity index (χ0v) is 19.0. The molecule has 4 aromatic rings. The monoisotopic (exact) mass is 476 g/mol. The highest BCUT2D eigenvalue weighted by Crippen LogP contribution is 2.29. The number of halogens is 2. The third kappa shape index (κ3) is 5.22. The quantitative estimate of drug-likeness (QED) is 0.156. The van der Waals surface area contributed by atoms with E-state index in [1.165, 1.54) is 18.3 Å². The molecule has 0 bridgehead atoms. The number of fused-ring (bicyclic) bond motifs is 1. The number of hydrogen-bond donors (Lipinski definition) is 1. The number of esters is 1. The Balaban J connectivity index is 1.63. The fourth-order valence-electron chi connectivity index (χ4n) is 3.23. The Labute approximate surface area is 200 Å². The maximum atomic E-state index is 12.8. The molecule has 4 rings (SSSR count). The second-order valence-corrected chi connectivity index (χ2v) is 8.12. The van der Waals surface area contributed by atoms with Crippen molar-refractivity contribution < 1.29 is 14.3 Å². The van der Waals surface area contributed by atoms with E-state index in [1.54, 1.807) is 24.3 Å². The van der Waals surface area contributed by atoms with Gasteiger partial charge in [0, 0.05) is 16.1 Å². The summed E-state index contributed by atoms with van der Waals surface area (Å²) in [4.78, 5) is 25.2. The first-order valence-corrected chi connectivity index (χ1v) is 10.8. The highest BCUT2D eigenvalue weighted by atomic mass is 35.5. The van der Waals surface area contributed by atoms with Crippen molar-refractivity contribution in [3.63, 3.8) is 0 Å². The lowest BCUT2D eigenvalue weighted by molar-refractivity contribution is 0.0734. The van der Waals surface area contributed by atoms with Crippen LogP contribution in [-0.2, 0) is 0 Å². The van der Waals surface area contributed by atoms with Crippen LogP contribution >= 0.6 is 23.2 Å². The molecule has 0 aliphatic carbocycles. The number of amides is 1. The Morgan fingerprint density at radius 1 is 0.939 bits per heavy atom. The molecule has 1 amide bonds. The summed E-state index contributed by atoms with van der Waals surface area (Å²) in [6, 6.07) is 22.8. The van der Waals surface area contributed by atoms with E-state index in [0.717, 1.165) is 16.3 Å².